The number of anilines is 7. The standard InChI is InChI=1S/C21H19N3O2S.C20H16N2O5S.C18H13N3O2S.C17H13N3O3S.C16H11N3O2S/c1-24(2)19-12-4-10-17-16(19)9-5-13-20(17)27(25,26)23-18-11-3-7-15-8-6-14-22-21(15)18;1-12(23)17-11-14-18(9-8-16(26-2)20(14)27-17)28(24,25)22-15-7-3-5-13-6-4-10-21-19(13)15;22-24(23,16-10-2-6-14-8-4-12-20-18(14)16)21-15-9-1-5-13-7-3-11-19-17(13)15;21-16-10-12-9-13(6-7-14(12)19-16)24(22,23)20-15-5-1-3-11-4-2-8-18-17(11)15;1-17-13-7-9-14(10-8-13)22(20,21)19-15-6-2-4-12-5-3-11-18-16(12)15/h3-14,23H,1-2H3;3-11,22H,1-2H3;1-12,21H;1-9,20H,10H2,(H,19,21);2-11,19H. The van der Waals surface area contributed by atoms with Crippen molar-refractivity contribution in [2.45, 2.75) is 37.8 Å². The number of carbonyl (C=O) groups excluding carboxylic acids is 2. The molecular formula is C92H72N14O14S5. The van der Waals surface area contributed by atoms with Crippen LogP contribution in [-0.2, 0) is 61.3 Å². The first-order chi connectivity index (χ1) is 60.1. The van der Waals surface area contributed by atoms with E-state index in [1.165, 1.54) is 68.6 Å². The number of nitrogens with zero attached hydrogens (tertiary/aromatic N) is 8. The lowest BCUT2D eigenvalue weighted by atomic mass is 10.1. The molecule has 7 aromatic heterocycles. The average Bonchev–Trinajstić information content (AvgIpc) is 1.65. The summed E-state index contributed by atoms with van der Waals surface area (Å²) in [4.78, 5) is 54.5. The quantitative estimate of drug-likeness (QED) is 0.0343. The molecular weight excluding hydrogens is 1690 g/mol. The van der Waals surface area contributed by atoms with Crippen molar-refractivity contribution in [2.75, 3.05) is 55.0 Å². The number of rotatable bonds is 18. The highest BCUT2D eigenvalue weighted by Crippen LogP contribution is 2.38. The van der Waals surface area contributed by atoms with Crippen molar-refractivity contribution in [3.8, 4) is 5.75 Å². The summed E-state index contributed by atoms with van der Waals surface area (Å²) < 4.78 is 152. The lowest BCUT2D eigenvalue weighted by molar-refractivity contribution is -0.115. The third-order valence-electron chi connectivity index (χ3n) is 19.7. The molecule has 0 fully saturated rings. The molecule has 0 unspecified atom stereocenters. The molecule has 0 saturated heterocycles. The number of ketones is 1. The zero-order chi connectivity index (χ0) is 87.8. The summed E-state index contributed by atoms with van der Waals surface area (Å²) in [6.45, 7) is 8.24. The molecule has 0 saturated carbocycles. The Hall–Kier alpha value is -15.3. The van der Waals surface area contributed by atoms with Crippen molar-refractivity contribution in [1.29, 1.82) is 0 Å². The SMILES string of the molecule is CN(C)c1cccc2c(S(=O)(=O)Nc3cccc4cccnc34)cccc12.COc1ccc(S(=O)(=O)Nc2cccc3cccnc23)c2cc(C(C)=O)oc12.O=C1Cc2cc(S(=O)(=O)Nc3cccc4cccnc34)ccc2N1.O=S(=O)(Nc1cccc2cccnc12)c1cccc2cccnc12.[C-]#[N+]c1ccc(S(=O)(=O)Nc2cccc3cccnc23)cc1. The van der Waals surface area contributed by atoms with Crippen molar-refractivity contribution in [2.24, 2.45) is 0 Å². The summed E-state index contributed by atoms with van der Waals surface area (Å²) >= 11 is 0. The molecule has 19 rings (SSSR count). The van der Waals surface area contributed by atoms with Crippen molar-refractivity contribution < 1.29 is 60.8 Å². The molecule has 11 aromatic carbocycles. The first-order valence-electron chi connectivity index (χ1n) is 38.0. The van der Waals surface area contributed by atoms with Crippen molar-refractivity contribution in [3.05, 3.63) is 339 Å². The largest absolute Gasteiger partial charge is 0.493 e. The van der Waals surface area contributed by atoms with E-state index in [0.717, 1.165) is 43.4 Å². The lowest BCUT2D eigenvalue weighted by Gasteiger charge is -2.17. The van der Waals surface area contributed by atoms with Crippen LogP contribution in [0.3, 0.4) is 0 Å². The van der Waals surface area contributed by atoms with E-state index >= 15 is 0 Å². The van der Waals surface area contributed by atoms with E-state index in [-0.39, 0.29) is 59.3 Å². The number of para-hydroxylation sites is 6. The molecule has 0 radical (unpaired) electrons. The number of hydrogen-bond acceptors (Lipinski definition) is 21. The van der Waals surface area contributed by atoms with Gasteiger partial charge in [0.15, 0.2) is 28.6 Å². The van der Waals surface area contributed by atoms with Gasteiger partial charge in [-0.15, -0.1) is 0 Å². The van der Waals surface area contributed by atoms with Gasteiger partial charge in [-0.2, -0.15) is 0 Å². The molecule has 33 heteroatoms. The number of benzene rings is 11. The number of nitrogens with one attached hydrogen (secondary N) is 6. The first-order valence-corrected chi connectivity index (χ1v) is 45.4. The Bertz CT molecular complexity index is 7910. The van der Waals surface area contributed by atoms with Gasteiger partial charge in [-0.1, -0.05) is 158 Å². The second-order valence-electron chi connectivity index (χ2n) is 28.1. The van der Waals surface area contributed by atoms with Crippen molar-refractivity contribution >= 4 is 194 Å². The number of fused-ring (bicyclic) bond motifs is 9. The number of sulfonamides is 5. The Kier molecular flexibility index (Phi) is 24.2. The van der Waals surface area contributed by atoms with Gasteiger partial charge >= 0.3 is 0 Å². The molecule has 0 spiro atoms. The molecule has 1 aliphatic rings. The third kappa shape index (κ3) is 18.6. The summed E-state index contributed by atoms with van der Waals surface area (Å²) in [6.07, 6.45) is 9.90. The Morgan fingerprint density at radius 1 is 0.400 bits per heavy atom. The van der Waals surface area contributed by atoms with Gasteiger partial charge in [0, 0.05) is 118 Å². The monoisotopic (exact) mass is 1760 g/mol. The van der Waals surface area contributed by atoms with E-state index in [0.29, 0.717) is 89.6 Å². The third-order valence-corrected chi connectivity index (χ3v) is 26.6. The number of methoxy groups -OCH3 is 1. The number of amides is 1. The zero-order valence-corrected chi connectivity index (χ0v) is 70.6. The fourth-order valence-electron chi connectivity index (χ4n) is 13.8. The van der Waals surface area contributed by atoms with Crippen LogP contribution >= 0.6 is 0 Å². The maximum Gasteiger partial charge on any atom is 0.264 e. The van der Waals surface area contributed by atoms with Gasteiger partial charge in [0.2, 0.25) is 5.91 Å². The maximum absolute atomic E-state index is 13.2. The highest BCUT2D eigenvalue weighted by atomic mass is 32.2. The number of Topliss-reactive ketones (excluding diaryl/α,β-unsaturated/α-hetero) is 1. The van der Waals surface area contributed by atoms with Crippen molar-refractivity contribution in [3.63, 3.8) is 0 Å². The van der Waals surface area contributed by atoms with Crippen LogP contribution in [0.1, 0.15) is 23.0 Å². The number of furan rings is 1. The fraction of sp³-hybridized carbons (Fsp3) is 0.0543. The number of carbonyl (C=O) groups is 2. The first kappa shape index (κ1) is 84.7. The molecule has 28 nitrogen and oxygen atoms in total. The van der Waals surface area contributed by atoms with Crippen LogP contribution in [0.2, 0.25) is 0 Å². The molecule has 1 amide bonds. The Morgan fingerprint density at radius 2 is 0.760 bits per heavy atom. The van der Waals surface area contributed by atoms with Gasteiger partial charge in [-0.05, 0) is 127 Å². The normalized spacial score (nSPS) is 11.9. The minimum atomic E-state index is -3.99. The number of hydrogen-bond donors (Lipinski definition) is 6. The van der Waals surface area contributed by atoms with Gasteiger partial charge in [0.05, 0.1) is 101 Å². The van der Waals surface area contributed by atoms with Gasteiger partial charge in [0.25, 0.3) is 50.1 Å². The van der Waals surface area contributed by atoms with Crippen LogP contribution in [0.25, 0.3) is 92.0 Å². The molecule has 0 atom stereocenters. The maximum atomic E-state index is 13.2. The number of aromatic nitrogens is 6. The van der Waals surface area contributed by atoms with Crippen LogP contribution in [0.15, 0.2) is 345 Å². The van der Waals surface area contributed by atoms with Gasteiger partial charge in [-0.25, -0.2) is 46.9 Å². The van der Waals surface area contributed by atoms with E-state index in [4.69, 9.17) is 15.7 Å². The summed E-state index contributed by atoms with van der Waals surface area (Å²) in [6, 6.07) is 79.5. The van der Waals surface area contributed by atoms with E-state index in [2.05, 4.69) is 63.7 Å². The van der Waals surface area contributed by atoms with Gasteiger partial charge in [0.1, 0.15) is 4.90 Å². The predicted octanol–water partition coefficient (Wildman–Crippen LogP) is 17.9. The predicted molar refractivity (Wildman–Crippen MR) is 487 cm³/mol. The second-order valence-corrected chi connectivity index (χ2v) is 36.4. The highest BCUT2D eigenvalue weighted by Gasteiger charge is 2.28. The van der Waals surface area contributed by atoms with Crippen LogP contribution < -0.4 is 38.6 Å². The topological polar surface area (TPSA) is 384 Å². The van der Waals surface area contributed by atoms with E-state index in [9.17, 15) is 51.7 Å². The summed E-state index contributed by atoms with van der Waals surface area (Å²) in [7, 11) is -13.7. The molecule has 125 heavy (non-hydrogen) atoms. The fourth-order valence-corrected chi connectivity index (χ4v) is 19.8. The van der Waals surface area contributed by atoms with Gasteiger partial charge in [-0.3, -0.25) is 63.1 Å². The van der Waals surface area contributed by atoms with Crippen molar-refractivity contribution in [1.82, 2.24) is 29.9 Å². The molecule has 0 bridgehead atoms. The molecule has 18 aromatic rings. The molecule has 6 N–H and O–H groups in total. The Labute approximate surface area is 717 Å². The Morgan fingerprint density at radius 3 is 1.19 bits per heavy atom. The minimum absolute atomic E-state index is 0.0208. The minimum Gasteiger partial charge on any atom is -0.493 e. The van der Waals surface area contributed by atoms with E-state index in [1.807, 2.05) is 134 Å². The molecule has 624 valence electrons. The lowest BCUT2D eigenvalue weighted by Crippen LogP contribution is -2.14. The summed E-state index contributed by atoms with van der Waals surface area (Å²) in [5.74, 6) is -0.0466. The summed E-state index contributed by atoms with van der Waals surface area (Å²) in [5, 5.41) is 9.56. The average molecular weight is 1760 g/mol. The van der Waals surface area contributed by atoms with Crippen LogP contribution in [0.5, 0.6) is 5.75 Å². The Balaban J connectivity index is 0.000000121. The molecule has 8 heterocycles. The van der Waals surface area contributed by atoms with E-state index in [1.54, 1.807) is 146 Å². The van der Waals surface area contributed by atoms with Crippen LogP contribution in [0.4, 0.5) is 45.5 Å². The molecule has 1 aliphatic heterocycles. The summed E-state index contributed by atoms with van der Waals surface area (Å²) in [5.41, 5.74) is 8.40. The number of ether oxygens (including phenoxy) is 1. The van der Waals surface area contributed by atoms with Gasteiger partial charge < -0.3 is 19.4 Å². The molecule has 0 aliphatic carbocycles. The van der Waals surface area contributed by atoms with Crippen LogP contribution in [-0.4, -0.2) is 105 Å². The van der Waals surface area contributed by atoms with E-state index < -0.39 is 50.1 Å². The smallest absolute Gasteiger partial charge is 0.264 e. The number of pyridine rings is 6. The van der Waals surface area contributed by atoms with Crippen LogP contribution in [0, 0.1) is 6.57 Å². The highest BCUT2D eigenvalue weighted by molar-refractivity contribution is 7.94. The second kappa shape index (κ2) is 35.8. The zero-order valence-electron chi connectivity index (χ0n) is 66.6.